The SMILES string of the molecule is CCC(C)NC(=O)O[C@@H]1CC[C@H](c2cc(Nc3nccc4c(COC)ccnc34)n[nH]2)C1. The predicted octanol–water partition coefficient (Wildman–Crippen LogP) is 4.40. The Kier molecular flexibility index (Phi) is 6.84. The number of aromatic nitrogens is 4. The third kappa shape index (κ3) is 4.99. The number of rotatable bonds is 8. The van der Waals surface area contributed by atoms with E-state index in [0.717, 1.165) is 47.8 Å². The highest BCUT2D eigenvalue weighted by Crippen LogP contribution is 2.36. The summed E-state index contributed by atoms with van der Waals surface area (Å²) in [7, 11) is 1.68. The van der Waals surface area contributed by atoms with E-state index in [1.165, 1.54) is 0 Å². The lowest BCUT2D eigenvalue weighted by Gasteiger charge is -2.16. The third-order valence-corrected chi connectivity index (χ3v) is 5.97. The fourth-order valence-electron chi connectivity index (χ4n) is 4.06. The zero-order valence-corrected chi connectivity index (χ0v) is 18.7. The first-order valence-electron chi connectivity index (χ1n) is 11.1. The van der Waals surface area contributed by atoms with Gasteiger partial charge in [-0.25, -0.2) is 9.78 Å². The molecule has 0 saturated heterocycles. The average Bonchev–Trinajstić information content (AvgIpc) is 3.44. The molecule has 0 spiro atoms. The van der Waals surface area contributed by atoms with Crippen LogP contribution in [0, 0.1) is 0 Å². The van der Waals surface area contributed by atoms with Crippen LogP contribution in [0.15, 0.2) is 30.6 Å². The summed E-state index contributed by atoms with van der Waals surface area (Å²) in [6, 6.07) is 5.99. The zero-order chi connectivity index (χ0) is 22.5. The van der Waals surface area contributed by atoms with Crippen molar-refractivity contribution >= 4 is 28.6 Å². The Labute approximate surface area is 187 Å². The third-order valence-electron chi connectivity index (χ3n) is 5.97. The van der Waals surface area contributed by atoms with E-state index in [-0.39, 0.29) is 24.2 Å². The lowest BCUT2D eigenvalue weighted by atomic mass is 10.0. The molecule has 170 valence electrons. The molecule has 0 radical (unpaired) electrons. The smallest absolute Gasteiger partial charge is 0.407 e. The number of amides is 1. The molecule has 0 aliphatic heterocycles. The molecule has 4 rings (SSSR count). The molecule has 1 aliphatic carbocycles. The van der Waals surface area contributed by atoms with Gasteiger partial charge in [0.1, 0.15) is 11.6 Å². The van der Waals surface area contributed by atoms with Crippen LogP contribution >= 0.6 is 0 Å². The monoisotopic (exact) mass is 438 g/mol. The number of nitrogens with one attached hydrogen (secondary N) is 3. The van der Waals surface area contributed by atoms with Crippen LogP contribution in [0.5, 0.6) is 0 Å². The van der Waals surface area contributed by atoms with E-state index in [9.17, 15) is 4.79 Å². The fourth-order valence-corrected chi connectivity index (χ4v) is 4.06. The Hall–Kier alpha value is -3.20. The summed E-state index contributed by atoms with van der Waals surface area (Å²) in [6.45, 7) is 4.51. The first-order chi connectivity index (χ1) is 15.6. The highest BCUT2D eigenvalue weighted by Gasteiger charge is 2.30. The molecular weight excluding hydrogens is 408 g/mol. The molecule has 1 fully saturated rings. The molecule has 1 aliphatic rings. The predicted molar refractivity (Wildman–Crippen MR) is 122 cm³/mol. The van der Waals surface area contributed by atoms with Gasteiger partial charge in [0.05, 0.1) is 6.61 Å². The van der Waals surface area contributed by atoms with Gasteiger partial charge in [-0.15, -0.1) is 0 Å². The van der Waals surface area contributed by atoms with Gasteiger partial charge in [-0.3, -0.25) is 10.1 Å². The van der Waals surface area contributed by atoms with Gasteiger partial charge in [0, 0.05) is 48.6 Å². The summed E-state index contributed by atoms with van der Waals surface area (Å²) >= 11 is 0. The topological polar surface area (TPSA) is 114 Å². The normalized spacial score (nSPS) is 19.1. The molecule has 3 aromatic rings. The number of anilines is 2. The minimum Gasteiger partial charge on any atom is -0.446 e. The molecule has 3 aromatic heterocycles. The molecule has 3 heterocycles. The number of hydrogen-bond acceptors (Lipinski definition) is 7. The summed E-state index contributed by atoms with van der Waals surface area (Å²) in [4.78, 5) is 21.0. The summed E-state index contributed by atoms with van der Waals surface area (Å²) in [5.41, 5.74) is 2.85. The number of carbonyl (C=O) groups is 1. The second-order valence-electron chi connectivity index (χ2n) is 8.28. The quantitative estimate of drug-likeness (QED) is 0.477. The maximum absolute atomic E-state index is 12.0. The van der Waals surface area contributed by atoms with Gasteiger partial charge >= 0.3 is 6.09 Å². The first-order valence-corrected chi connectivity index (χ1v) is 11.1. The van der Waals surface area contributed by atoms with Gasteiger partial charge in [-0.05, 0) is 50.3 Å². The van der Waals surface area contributed by atoms with Crippen LogP contribution < -0.4 is 10.6 Å². The molecule has 9 nitrogen and oxygen atoms in total. The number of pyridine rings is 2. The van der Waals surface area contributed by atoms with Gasteiger partial charge in [0.25, 0.3) is 0 Å². The number of ether oxygens (including phenoxy) is 2. The van der Waals surface area contributed by atoms with E-state index in [1.54, 1.807) is 19.5 Å². The summed E-state index contributed by atoms with van der Waals surface area (Å²) in [5, 5.41) is 14.7. The standard InChI is InChI=1S/C23H30N6O3/c1-4-14(2)26-23(30)32-17-6-5-15(11-17)19-12-20(29-28-19)27-22-21-18(8-10-25-22)16(13-31-3)7-9-24-21/h7-10,12,14-15,17H,4-6,11,13H2,1-3H3,(H,26,30)(H2,25,27,28,29)/t14?,15-,17+/m0/s1. The van der Waals surface area contributed by atoms with Crippen molar-refractivity contribution in [3.63, 3.8) is 0 Å². The minimum absolute atomic E-state index is 0.0769. The van der Waals surface area contributed by atoms with Crippen molar-refractivity contribution in [2.75, 3.05) is 12.4 Å². The molecule has 0 bridgehead atoms. The molecule has 1 unspecified atom stereocenters. The molecule has 0 aromatic carbocycles. The van der Waals surface area contributed by atoms with E-state index in [4.69, 9.17) is 9.47 Å². The molecule has 3 atom stereocenters. The van der Waals surface area contributed by atoms with E-state index >= 15 is 0 Å². The number of fused-ring (bicyclic) bond motifs is 1. The van der Waals surface area contributed by atoms with Crippen LogP contribution in [0.4, 0.5) is 16.4 Å². The Balaban J connectivity index is 1.41. The van der Waals surface area contributed by atoms with Crippen molar-refractivity contribution in [2.24, 2.45) is 0 Å². The Morgan fingerprint density at radius 2 is 2.12 bits per heavy atom. The van der Waals surface area contributed by atoms with Crippen LogP contribution in [0.2, 0.25) is 0 Å². The molecule has 32 heavy (non-hydrogen) atoms. The molecule has 9 heteroatoms. The zero-order valence-electron chi connectivity index (χ0n) is 18.7. The van der Waals surface area contributed by atoms with Crippen molar-refractivity contribution in [1.29, 1.82) is 0 Å². The first kappa shape index (κ1) is 22.0. The maximum Gasteiger partial charge on any atom is 0.407 e. The highest BCUT2D eigenvalue weighted by molar-refractivity contribution is 5.91. The number of methoxy groups -OCH3 is 1. The number of H-pyrrole nitrogens is 1. The van der Waals surface area contributed by atoms with Crippen molar-refractivity contribution in [1.82, 2.24) is 25.5 Å². The molecular formula is C23H30N6O3. The number of nitrogens with zero attached hydrogens (tertiary/aromatic N) is 3. The van der Waals surface area contributed by atoms with E-state index < -0.39 is 0 Å². The Morgan fingerprint density at radius 3 is 2.94 bits per heavy atom. The van der Waals surface area contributed by atoms with Crippen molar-refractivity contribution in [3.8, 4) is 0 Å². The van der Waals surface area contributed by atoms with Gasteiger partial charge in [0.15, 0.2) is 11.6 Å². The van der Waals surface area contributed by atoms with Crippen LogP contribution in [0.25, 0.3) is 10.9 Å². The second-order valence-corrected chi connectivity index (χ2v) is 8.28. The molecule has 3 N–H and O–H groups in total. The Morgan fingerprint density at radius 1 is 1.28 bits per heavy atom. The number of alkyl carbamates (subject to hydrolysis) is 1. The maximum atomic E-state index is 12.0. The van der Waals surface area contributed by atoms with Crippen LogP contribution in [0.3, 0.4) is 0 Å². The lowest BCUT2D eigenvalue weighted by molar-refractivity contribution is 0.0974. The largest absolute Gasteiger partial charge is 0.446 e. The van der Waals surface area contributed by atoms with Gasteiger partial charge < -0.3 is 20.1 Å². The fraction of sp³-hybridized carbons (Fsp3) is 0.478. The second kappa shape index (κ2) is 9.95. The summed E-state index contributed by atoms with van der Waals surface area (Å²) < 4.78 is 10.9. The summed E-state index contributed by atoms with van der Waals surface area (Å²) in [5.74, 6) is 1.59. The van der Waals surface area contributed by atoms with E-state index in [0.29, 0.717) is 18.2 Å². The highest BCUT2D eigenvalue weighted by atomic mass is 16.6. The van der Waals surface area contributed by atoms with Crippen LogP contribution in [-0.4, -0.2) is 45.5 Å². The minimum atomic E-state index is -0.334. The van der Waals surface area contributed by atoms with E-state index in [1.807, 2.05) is 32.0 Å². The van der Waals surface area contributed by atoms with Crippen LogP contribution in [-0.2, 0) is 16.1 Å². The van der Waals surface area contributed by atoms with Gasteiger partial charge in [0.2, 0.25) is 0 Å². The number of carbonyl (C=O) groups excluding carboxylic acids is 1. The lowest BCUT2D eigenvalue weighted by Crippen LogP contribution is -2.34. The molecule has 1 amide bonds. The van der Waals surface area contributed by atoms with Gasteiger partial charge in [-0.2, -0.15) is 5.10 Å². The van der Waals surface area contributed by atoms with Crippen molar-refractivity contribution < 1.29 is 14.3 Å². The number of aromatic amines is 1. The van der Waals surface area contributed by atoms with E-state index in [2.05, 4.69) is 30.8 Å². The average molecular weight is 439 g/mol. The van der Waals surface area contributed by atoms with Crippen LogP contribution in [0.1, 0.15) is 56.7 Å². The number of hydrogen-bond donors (Lipinski definition) is 3. The van der Waals surface area contributed by atoms with Crippen molar-refractivity contribution in [2.45, 2.75) is 64.2 Å². The molecule has 1 saturated carbocycles. The van der Waals surface area contributed by atoms with Gasteiger partial charge in [-0.1, -0.05) is 6.92 Å². The van der Waals surface area contributed by atoms with Crippen molar-refractivity contribution in [3.05, 3.63) is 41.9 Å². The summed E-state index contributed by atoms with van der Waals surface area (Å²) in [6.07, 6.45) is 6.55. The Bertz CT molecular complexity index is 1070.